The Labute approximate surface area is 149 Å². The molecule has 2 aromatic rings. The van der Waals surface area contributed by atoms with E-state index in [-0.39, 0.29) is 6.03 Å². The largest absolute Gasteiger partial charge is 0.490 e. The first kappa shape index (κ1) is 18.6. The van der Waals surface area contributed by atoms with Gasteiger partial charge in [-0.3, -0.25) is 0 Å². The van der Waals surface area contributed by atoms with Crippen molar-refractivity contribution in [2.45, 2.75) is 27.2 Å². The van der Waals surface area contributed by atoms with Crippen molar-refractivity contribution in [3.8, 4) is 11.5 Å². The zero-order valence-corrected chi connectivity index (χ0v) is 15.1. The Morgan fingerprint density at radius 2 is 1.64 bits per heavy atom. The van der Waals surface area contributed by atoms with E-state index in [9.17, 15) is 4.79 Å². The lowest BCUT2D eigenvalue weighted by Gasteiger charge is -2.13. The predicted molar refractivity (Wildman–Crippen MR) is 101 cm³/mol. The number of aryl methyl sites for hydroxylation is 1. The Bertz CT molecular complexity index is 684. The van der Waals surface area contributed by atoms with Gasteiger partial charge >= 0.3 is 6.03 Å². The molecule has 134 valence electrons. The number of ether oxygens (including phenoxy) is 2. The summed E-state index contributed by atoms with van der Waals surface area (Å²) in [7, 11) is 0. The molecular weight excluding hydrogens is 316 g/mol. The van der Waals surface area contributed by atoms with Crippen molar-refractivity contribution in [2.75, 3.05) is 25.1 Å². The van der Waals surface area contributed by atoms with Crippen molar-refractivity contribution in [3.05, 3.63) is 53.6 Å². The number of urea groups is 1. The van der Waals surface area contributed by atoms with E-state index in [0.717, 1.165) is 6.42 Å². The van der Waals surface area contributed by atoms with Gasteiger partial charge in [0.25, 0.3) is 0 Å². The second-order valence-electron chi connectivity index (χ2n) is 5.64. The van der Waals surface area contributed by atoms with Crippen LogP contribution in [0.1, 0.15) is 25.0 Å². The lowest BCUT2D eigenvalue weighted by molar-refractivity contribution is 0.252. The van der Waals surface area contributed by atoms with Gasteiger partial charge in [-0.25, -0.2) is 4.79 Å². The van der Waals surface area contributed by atoms with Gasteiger partial charge < -0.3 is 20.1 Å². The lowest BCUT2D eigenvalue weighted by Crippen LogP contribution is -2.30. The molecule has 25 heavy (non-hydrogen) atoms. The highest BCUT2D eigenvalue weighted by atomic mass is 16.5. The maximum Gasteiger partial charge on any atom is 0.319 e. The van der Waals surface area contributed by atoms with Gasteiger partial charge in [-0.05, 0) is 44.9 Å². The van der Waals surface area contributed by atoms with Crippen molar-refractivity contribution < 1.29 is 14.3 Å². The quantitative estimate of drug-likeness (QED) is 0.757. The van der Waals surface area contributed by atoms with Gasteiger partial charge in [0.15, 0.2) is 11.5 Å². The van der Waals surface area contributed by atoms with Gasteiger partial charge in [0.1, 0.15) is 0 Å². The molecule has 0 bridgehead atoms. The minimum atomic E-state index is -0.237. The van der Waals surface area contributed by atoms with Crippen LogP contribution >= 0.6 is 0 Å². The van der Waals surface area contributed by atoms with Crippen molar-refractivity contribution in [3.63, 3.8) is 0 Å². The molecule has 0 atom stereocenters. The highest BCUT2D eigenvalue weighted by Gasteiger charge is 2.08. The van der Waals surface area contributed by atoms with E-state index >= 15 is 0 Å². The molecule has 0 radical (unpaired) electrons. The summed E-state index contributed by atoms with van der Waals surface area (Å²) in [6, 6.07) is 13.4. The highest BCUT2D eigenvalue weighted by Crippen LogP contribution is 2.30. The molecule has 0 aliphatic heterocycles. The average molecular weight is 342 g/mol. The van der Waals surface area contributed by atoms with Gasteiger partial charge in [0.05, 0.1) is 13.2 Å². The third kappa shape index (κ3) is 6.03. The Hall–Kier alpha value is -2.69. The normalized spacial score (nSPS) is 10.2. The summed E-state index contributed by atoms with van der Waals surface area (Å²) in [5.74, 6) is 1.30. The van der Waals surface area contributed by atoms with Crippen LogP contribution in [0.2, 0.25) is 0 Å². The first-order valence-electron chi connectivity index (χ1n) is 8.62. The van der Waals surface area contributed by atoms with Gasteiger partial charge in [0.2, 0.25) is 0 Å². The summed E-state index contributed by atoms with van der Waals surface area (Å²) in [5.41, 5.74) is 3.10. The summed E-state index contributed by atoms with van der Waals surface area (Å²) in [5, 5.41) is 5.68. The summed E-state index contributed by atoms with van der Waals surface area (Å²) >= 11 is 0. The van der Waals surface area contributed by atoms with Gasteiger partial charge in [-0.2, -0.15) is 0 Å². The summed E-state index contributed by atoms with van der Waals surface area (Å²) in [4.78, 5) is 12.0. The third-order valence-electron chi connectivity index (χ3n) is 3.62. The van der Waals surface area contributed by atoms with E-state index in [0.29, 0.717) is 36.9 Å². The molecule has 0 unspecified atom stereocenters. The van der Waals surface area contributed by atoms with E-state index in [4.69, 9.17) is 9.47 Å². The number of anilines is 1. The van der Waals surface area contributed by atoms with Crippen LogP contribution in [0.15, 0.2) is 42.5 Å². The molecule has 0 saturated heterocycles. The molecule has 5 heteroatoms. The van der Waals surface area contributed by atoms with Crippen LogP contribution < -0.4 is 20.1 Å². The monoisotopic (exact) mass is 342 g/mol. The first-order valence-corrected chi connectivity index (χ1v) is 8.62. The minimum absolute atomic E-state index is 0.237. The number of amides is 2. The molecule has 0 aromatic heterocycles. The van der Waals surface area contributed by atoms with Crippen LogP contribution in [0, 0.1) is 6.92 Å². The Kier molecular flexibility index (Phi) is 7.14. The maximum atomic E-state index is 12.0. The van der Waals surface area contributed by atoms with E-state index in [1.54, 1.807) is 18.2 Å². The molecular formula is C20H26N2O3. The van der Waals surface area contributed by atoms with E-state index < -0.39 is 0 Å². The maximum absolute atomic E-state index is 12.0. The fourth-order valence-electron chi connectivity index (χ4n) is 2.38. The number of rotatable bonds is 8. The Morgan fingerprint density at radius 3 is 2.32 bits per heavy atom. The molecule has 0 heterocycles. The number of hydrogen-bond donors (Lipinski definition) is 2. The van der Waals surface area contributed by atoms with Crippen LogP contribution in [0.4, 0.5) is 10.5 Å². The first-order chi connectivity index (χ1) is 12.1. The molecule has 0 fully saturated rings. The molecule has 2 N–H and O–H groups in total. The molecule has 0 saturated carbocycles. The fraction of sp³-hybridized carbons (Fsp3) is 0.350. The predicted octanol–water partition coefficient (Wildman–Crippen LogP) is 4.16. The molecule has 0 aliphatic carbocycles. The smallest absolute Gasteiger partial charge is 0.319 e. The Morgan fingerprint density at radius 1 is 0.960 bits per heavy atom. The lowest BCUT2D eigenvalue weighted by atomic mass is 10.1. The zero-order chi connectivity index (χ0) is 18.1. The van der Waals surface area contributed by atoms with Crippen LogP contribution in [-0.4, -0.2) is 25.8 Å². The second kappa shape index (κ2) is 9.57. The topological polar surface area (TPSA) is 59.6 Å². The molecule has 0 aliphatic rings. The number of hydrogen-bond acceptors (Lipinski definition) is 3. The fourth-order valence-corrected chi connectivity index (χ4v) is 2.38. The van der Waals surface area contributed by atoms with Crippen LogP contribution in [0.3, 0.4) is 0 Å². The van der Waals surface area contributed by atoms with Crippen molar-refractivity contribution in [1.29, 1.82) is 0 Å². The molecule has 2 amide bonds. The number of nitrogens with one attached hydrogen (secondary N) is 2. The molecule has 2 aromatic carbocycles. The SMILES string of the molecule is CCOc1ccc(NC(=O)NCCc2ccc(C)cc2)cc1OCC. The summed E-state index contributed by atoms with van der Waals surface area (Å²) < 4.78 is 11.1. The summed E-state index contributed by atoms with van der Waals surface area (Å²) in [6.07, 6.45) is 0.793. The second-order valence-corrected chi connectivity index (χ2v) is 5.64. The standard InChI is InChI=1S/C20H26N2O3/c1-4-24-18-11-10-17(14-19(18)25-5-2)22-20(23)21-13-12-16-8-6-15(3)7-9-16/h6-11,14H,4-5,12-13H2,1-3H3,(H2,21,22,23). The highest BCUT2D eigenvalue weighted by molar-refractivity contribution is 5.89. The number of benzene rings is 2. The molecule has 5 nitrogen and oxygen atoms in total. The van der Waals surface area contributed by atoms with Gasteiger partial charge in [0, 0.05) is 18.3 Å². The van der Waals surface area contributed by atoms with E-state index in [1.807, 2.05) is 13.8 Å². The number of carbonyl (C=O) groups excluding carboxylic acids is 1. The third-order valence-corrected chi connectivity index (χ3v) is 3.62. The minimum Gasteiger partial charge on any atom is -0.490 e. The van der Waals surface area contributed by atoms with Crippen molar-refractivity contribution >= 4 is 11.7 Å². The van der Waals surface area contributed by atoms with E-state index in [1.165, 1.54) is 11.1 Å². The van der Waals surface area contributed by atoms with Gasteiger partial charge in [-0.15, -0.1) is 0 Å². The van der Waals surface area contributed by atoms with Crippen molar-refractivity contribution in [1.82, 2.24) is 5.32 Å². The Balaban J connectivity index is 1.86. The summed E-state index contributed by atoms with van der Waals surface area (Å²) in [6.45, 7) is 7.56. The zero-order valence-electron chi connectivity index (χ0n) is 15.1. The molecule has 2 rings (SSSR count). The van der Waals surface area contributed by atoms with Crippen LogP contribution in [0.5, 0.6) is 11.5 Å². The van der Waals surface area contributed by atoms with Crippen LogP contribution in [0.25, 0.3) is 0 Å². The van der Waals surface area contributed by atoms with Crippen molar-refractivity contribution in [2.24, 2.45) is 0 Å². The molecule has 0 spiro atoms. The van der Waals surface area contributed by atoms with Crippen LogP contribution in [-0.2, 0) is 6.42 Å². The van der Waals surface area contributed by atoms with Gasteiger partial charge in [-0.1, -0.05) is 29.8 Å². The van der Waals surface area contributed by atoms with E-state index in [2.05, 4.69) is 41.8 Å². The number of carbonyl (C=O) groups is 1. The average Bonchev–Trinajstić information content (AvgIpc) is 2.59.